The van der Waals surface area contributed by atoms with Crippen LogP contribution in [0.2, 0.25) is 0 Å². The number of ketones is 1. The molecule has 0 radical (unpaired) electrons. The Kier molecular flexibility index (Phi) is 17.3. The summed E-state index contributed by atoms with van der Waals surface area (Å²) >= 11 is 0.250. The number of carbonyl (C=O) groups excluding carboxylic acids is 3. The lowest BCUT2D eigenvalue weighted by molar-refractivity contribution is -0.297. The zero-order valence-electron chi connectivity index (χ0n) is 36.8. The zero-order chi connectivity index (χ0) is 43.8. The summed E-state index contributed by atoms with van der Waals surface area (Å²) in [4.78, 5) is 49.9. The number of aliphatic hydroxyl groups is 1. The summed E-state index contributed by atoms with van der Waals surface area (Å²) in [7, 11) is 5.81. The molecule has 2 aromatic rings. The number of pyridine rings is 1. The topological polar surface area (TPSA) is 149 Å². The molecule has 330 valence electrons. The van der Waals surface area contributed by atoms with Crippen LogP contribution >= 0.6 is 12.1 Å². The van der Waals surface area contributed by atoms with E-state index in [4.69, 9.17) is 23.7 Å². The maximum absolute atomic E-state index is 14.5. The van der Waals surface area contributed by atoms with Crippen molar-refractivity contribution < 1.29 is 47.1 Å². The highest BCUT2D eigenvalue weighted by atomic mass is 32.2. The van der Waals surface area contributed by atoms with E-state index < -0.39 is 71.5 Å². The number of hydrogen-bond acceptors (Lipinski definition) is 13. The smallest absolute Gasteiger partial charge is 0.408 e. The Bertz CT molecular complexity index is 1750. The number of nitrogens with one attached hydrogen (secondary N) is 1. The molecule has 3 saturated heterocycles. The minimum atomic E-state index is -1.19. The summed E-state index contributed by atoms with van der Waals surface area (Å²) in [6, 6.07) is 9.00. The number of esters is 1. The number of nitrogens with zero attached hydrogens (tertiary/aromatic N) is 3. The van der Waals surface area contributed by atoms with Gasteiger partial charge in [-0.1, -0.05) is 51.1 Å². The molecule has 0 saturated carbocycles. The van der Waals surface area contributed by atoms with Gasteiger partial charge < -0.3 is 43.9 Å². The predicted molar refractivity (Wildman–Crippen MR) is 228 cm³/mol. The minimum absolute atomic E-state index is 0.0214. The Morgan fingerprint density at radius 1 is 1.14 bits per heavy atom. The molecule has 3 aliphatic heterocycles. The molecule has 0 spiro atoms. The molecule has 15 heteroatoms. The van der Waals surface area contributed by atoms with E-state index in [0.29, 0.717) is 25.8 Å². The van der Waals surface area contributed by atoms with Crippen LogP contribution in [0.1, 0.15) is 80.2 Å². The number of likely N-dealkylation sites (N-methyl/N-ethyl adjacent to an activating group) is 2. The molecule has 0 bridgehead atoms. The standard InChI is InChI=1S/C43H64N4O9.CH3FS/c1-12-34-43(8)37(45-41(51)56-43)29(6)47(11)24-25(2)22-42(7,52-19-15-16-30-21-31-17-13-14-18-32(31)44-23-30)38(27(4)35(48)28(5)39(50)54-34)55-40-36(49)33(46(9)10)20-26(3)53-40;1-3-2/h13-18,21,23,25-29,33-34,36-38,40,49H,12,19-20,22,24H2,1-11H3,(H,45,51);1H3/b16-15+;/t25-,26?,27+,28-,29-,33?,34-,36?,37-,38-,40+,42-,43-;/m1./s1. The van der Waals surface area contributed by atoms with Gasteiger partial charge in [-0.2, -0.15) is 3.89 Å². The van der Waals surface area contributed by atoms with Gasteiger partial charge in [-0.3, -0.25) is 14.6 Å². The molecule has 5 rings (SSSR count). The van der Waals surface area contributed by atoms with E-state index in [-0.39, 0.29) is 42.9 Å². The van der Waals surface area contributed by atoms with Gasteiger partial charge in [0.1, 0.15) is 18.1 Å². The molecule has 3 aliphatic rings. The number of amides is 1. The first-order chi connectivity index (χ1) is 27.8. The van der Waals surface area contributed by atoms with Gasteiger partial charge in [0.2, 0.25) is 0 Å². The van der Waals surface area contributed by atoms with Crippen LogP contribution in [-0.2, 0) is 33.3 Å². The first kappa shape index (κ1) is 48.5. The largest absolute Gasteiger partial charge is 0.458 e. The Morgan fingerprint density at radius 3 is 2.47 bits per heavy atom. The average molecular weight is 847 g/mol. The molecule has 59 heavy (non-hydrogen) atoms. The van der Waals surface area contributed by atoms with Crippen LogP contribution in [-0.4, -0.2) is 138 Å². The number of aromatic nitrogens is 1. The summed E-state index contributed by atoms with van der Waals surface area (Å²) in [6.07, 6.45) is 3.79. The third kappa shape index (κ3) is 11.6. The third-order valence-corrected chi connectivity index (χ3v) is 12.3. The first-order valence-electron chi connectivity index (χ1n) is 20.7. The average Bonchev–Trinajstić information content (AvgIpc) is 3.50. The number of Topliss-reactive ketones (excluding diaryl/α,β-unsaturated/α-hetero) is 1. The van der Waals surface area contributed by atoms with Crippen LogP contribution in [0.15, 0.2) is 42.6 Å². The highest BCUT2D eigenvalue weighted by Gasteiger charge is 2.56. The molecule has 3 unspecified atom stereocenters. The lowest BCUT2D eigenvalue weighted by Crippen LogP contribution is -2.60. The van der Waals surface area contributed by atoms with Crippen molar-refractivity contribution in [1.29, 1.82) is 0 Å². The van der Waals surface area contributed by atoms with E-state index in [0.717, 1.165) is 16.5 Å². The maximum Gasteiger partial charge on any atom is 0.408 e. The van der Waals surface area contributed by atoms with E-state index in [1.54, 1.807) is 13.8 Å². The van der Waals surface area contributed by atoms with Gasteiger partial charge in [-0.15, -0.1) is 0 Å². The van der Waals surface area contributed by atoms with Gasteiger partial charge in [-0.25, -0.2) is 4.79 Å². The quantitative estimate of drug-likeness (QED) is 0.222. The van der Waals surface area contributed by atoms with Gasteiger partial charge in [0.15, 0.2) is 17.7 Å². The van der Waals surface area contributed by atoms with Crippen LogP contribution < -0.4 is 5.32 Å². The number of hydrogen-bond donors (Lipinski definition) is 2. The van der Waals surface area contributed by atoms with E-state index in [1.165, 1.54) is 13.2 Å². The Labute approximate surface area is 354 Å². The Balaban J connectivity index is 0.00000248. The van der Waals surface area contributed by atoms with Crippen molar-refractivity contribution >= 4 is 47.0 Å². The number of ether oxygens (including phenoxy) is 5. The molecule has 13 nitrogen and oxygen atoms in total. The second-order valence-corrected chi connectivity index (χ2v) is 17.5. The number of alkyl carbamates (subject to hydrolysis) is 1. The number of benzene rings is 1. The van der Waals surface area contributed by atoms with Crippen molar-refractivity contribution in [2.24, 2.45) is 17.8 Å². The van der Waals surface area contributed by atoms with E-state index >= 15 is 0 Å². The van der Waals surface area contributed by atoms with Crippen molar-refractivity contribution in [3.8, 4) is 0 Å². The van der Waals surface area contributed by atoms with Gasteiger partial charge in [-0.05, 0) is 98.6 Å². The number of aliphatic hydroxyl groups excluding tert-OH is 1. The fourth-order valence-corrected chi connectivity index (χ4v) is 9.05. The van der Waals surface area contributed by atoms with E-state index in [9.17, 15) is 23.4 Å². The predicted octanol–water partition coefficient (Wildman–Crippen LogP) is 6.46. The van der Waals surface area contributed by atoms with Crippen LogP contribution in [0.4, 0.5) is 8.68 Å². The number of rotatable bonds is 8. The van der Waals surface area contributed by atoms with Crippen molar-refractivity contribution in [3.05, 3.63) is 48.2 Å². The second-order valence-electron chi connectivity index (χ2n) is 17.2. The van der Waals surface area contributed by atoms with Crippen LogP contribution in [0.3, 0.4) is 0 Å². The van der Waals surface area contributed by atoms with Crippen molar-refractivity contribution in [3.63, 3.8) is 0 Å². The molecular weight excluding hydrogens is 780 g/mol. The highest BCUT2D eigenvalue weighted by Crippen LogP contribution is 2.39. The minimum Gasteiger partial charge on any atom is -0.458 e. The number of fused-ring (bicyclic) bond motifs is 2. The van der Waals surface area contributed by atoms with Gasteiger partial charge in [0, 0.05) is 54.5 Å². The van der Waals surface area contributed by atoms with Crippen LogP contribution in [0, 0.1) is 17.8 Å². The van der Waals surface area contributed by atoms with Crippen molar-refractivity contribution in [2.45, 2.75) is 135 Å². The molecule has 3 fully saturated rings. The summed E-state index contributed by atoms with van der Waals surface area (Å²) < 4.78 is 42.1. The number of halogens is 1. The molecule has 0 aliphatic carbocycles. The van der Waals surface area contributed by atoms with Crippen LogP contribution in [0.5, 0.6) is 0 Å². The summed E-state index contributed by atoms with van der Waals surface area (Å²) in [5, 5.41) is 15.6. The van der Waals surface area contributed by atoms with E-state index in [1.807, 2.05) is 96.4 Å². The molecule has 1 aromatic heterocycles. The second kappa shape index (κ2) is 21.1. The number of cyclic esters (lactones) is 1. The normalized spacial score (nSPS) is 36.5. The number of carbonyl (C=O) groups is 3. The van der Waals surface area contributed by atoms with Gasteiger partial charge in [0.05, 0.1) is 36.0 Å². The summed E-state index contributed by atoms with van der Waals surface area (Å²) in [5.41, 5.74) is -0.492. The zero-order valence-corrected chi connectivity index (χ0v) is 37.7. The lowest BCUT2D eigenvalue weighted by Gasteiger charge is -2.47. The van der Waals surface area contributed by atoms with Crippen molar-refractivity contribution in [1.82, 2.24) is 20.1 Å². The fraction of sp³-hybridized carbons (Fsp3) is 0.682. The maximum atomic E-state index is 14.5. The highest BCUT2D eigenvalue weighted by molar-refractivity contribution is 7.93. The molecule has 1 amide bonds. The van der Waals surface area contributed by atoms with Crippen LogP contribution in [0.25, 0.3) is 17.0 Å². The SMILES string of the molecule is CC[C@H]1OC(=O)[C@H](C)C(=O)[C@H](C)[C@@H](O[C@@H]2OC(C)CC(N(C)C)C2O)[C@](C)(OC/C=C/c2cnc3ccccc3c2)C[C@@H](C)CN(C)[C@H](C)[C@H]2NC(=O)O[C@@]21C.CSF. The molecular formula is C44H67FN4O9S. The molecule has 2 N–H and O–H groups in total. The summed E-state index contributed by atoms with van der Waals surface area (Å²) in [6.45, 7) is 15.7. The fourth-order valence-electron chi connectivity index (χ4n) is 9.05. The van der Waals surface area contributed by atoms with Gasteiger partial charge >= 0.3 is 12.1 Å². The first-order valence-corrected chi connectivity index (χ1v) is 21.8. The Hall–Kier alpha value is -3.18. The van der Waals surface area contributed by atoms with E-state index in [2.05, 4.69) is 28.2 Å². The summed E-state index contributed by atoms with van der Waals surface area (Å²) in [5.74, 6) is -3.22. The van der Waals surface area contributed by atoms with Gasteiger partial charge in [0.25, 0.3) is 0 Å². The third-order valence-electron chi connectivity index (χ3n) is 12.3. The molecule has 1 aromatic carbocycles. The monoisotopic (exact) mass is 846 g/mol. The number of para-hydroxylation sites is 1. The van der Waals surface area contributed by atoms with Crippen molar-refractivity contribution in [2.75, 3.05) is 40.6 Å². The lowest BCUT2D eigenvalue weighted by atomic mass is 9.78. The molecule has 13 atom stereocenters. The molecule has 4 heterocycles. The Morgan fingerprint density at radius 2 is 1.81 bits per heavy atom.